The van der Waals surface area contributed by atoms with Gasteiger partial charge in [0.1, 0.15) is 36.8 Å². The first-order valence-corrected chi connectivity index (χ1v) is 27.4. The van der Waals surface area contributed by atoms with Gasteiger partial charge < -0.3 is 50.1 Å². The number of hydrogen-bond acceptors (Lipinski definition) is 15. The zero-order valence-electron chi connectivity index (χ0n) is 41.1. The highest BCUT2D eigenvalue weighted by Gasteiger charge is 2.49. The van der Waals surface area contributed by atoms with Gasteiger partial charge in [-0.3, -0.25) is 23.4 Å². The quantitative estimate of drug-likeness (QED) is 0.0180. The minimum absolute atomic E-state index is 0.0304. The van der Waals surface area contributed by atoms with E-state index in [0.29, 0.717) is 44.9 Å². The normalized spacial score (nSPS) is 30.4. The van der Waals surface area contributed by atoms with Crippen molar-refractivity contribution in [1.29, 1.82) is 0 Å². The monoisotopic (exact) mass is 989 g/mol. The van der Waals surface area contributed by atoms with E-state index < -0.39 is 112 Å². The van der Waals surface area contributed by atoms with Crippen LogP contribution in [0.2, 0.25) is 0 Å². The minimum atomic E-state index is -5.45. The van der Waals surface area contributed by atoms with E-state index in [0.717, 1.165) is 57.4 Å². The third kappa shape index (κ3) is 26.2. The maximum atomic E-state index is 13.7. The molecule has 0 radical (unpaired) electrons. The molecule has 8 N–H and O–H groups in total. The number of carbonyl (C=O) groups is 3. The molecule has 1 unspecified atom stereocenters. The van der Waals surface area contributed by atoms with Gasteiger partial charge in [0.25, 0.3) is 0 Å². The summed E-state index contributed by atoms with van der Waals surface area (Å²) in [5.41, 5.74) is 0. The number of hydrogen-bond donors (Lipinski definition) is 8. The highest BCUT2D eigenvalue weighted by molar-refractivity contribution is 7.47. The smallest absolute Gasteiger partial charge is 0.462 e. The van der Waals surface area contributed by atoms with Crippen LogP contribution in [0.3, 0.4) is 0 Å². The molecule has 0 aromatic heterocycles. The third-order valence-electron chi connectivity index (χ3n) is 12.9. The first kappa shape index (κ1) is 61.8. The predicted molar refractivity (Wildman–Crippen MR) is 259 cm³/mol. The SMILES string of the molecule is CCCCC/C=C\C/C=C\CCCCCCCCCCCC(=O)OC[C@@H]1COP(=O)(O)O[C@H]2[C@H](O)[C@@H](O)[C@H](O)[C@@H](CCCCCCC(=O)O1)[C@@H](O)CC(=O)[C@H](/C=C/[C@@H](O)CCCCC)[C@@H](O)[C@H]2O. The molecule has 1 saturated heterocycles. The van der Waals surface area contributed by atoms with Crippen molar-refractivity contribution < 1.29 is 78.1 Å². The summed E-state index contributed by atoms with van der Waals surface area (Å²) in [5, 5.41) is 78.5. The van der Waals surface area contributed by atoms with E-state index >= 15 is 0 Å². The molecule has 0 amide bonds. The number of cyclic esters (lactones) is 1. The molecule has 0 aromatic rings. The summed E-state index contributed by atoms with van der Waals surface area (Å²) in [6.07, 6.45) is 14.1. The van der Waals surface area contributed by atoms with Gasteiger partial charge in [0.2, 0.25) is 0 Å². The molecular formula is C51H89O16P. The lowest BCUT2D eigenvalue weighted by molar-refractivity contribution is -0.167. The Balaban J connectivity index is 2.03. The molecule has 1 saturated carbocycles. The van der Waals surface area contributed by atoms with Crippen molar-refractivity contribution in [2.45, 2.75) is 242 Å². The Morgan fingerprint density at radius 1 is 0.735 bits per heavy atom. The van der Waals surface area contributed by atoms with E-state index in [-0.39, 0.29) is 19.3 Å². The molecule has 68 heavy (non-hydrogen) atoms. The summed E-state index contributed by atoms with van der Waals surface area (Å²) >= 11 is 0. The standard InChI is InChI=1S/C51H89O16P/c1-3-5-7-8-9-10-11-12-13-14-15-16-17-18-19-20-21-22-27-31-44(55)64-36-39-37-65-68(62,63)67-51-49(60)47(58)41(34-33-38(52)29-25-6-4-2)43(54)35-42(53)40(46(57)48(59)50(51)61)30-26-23-24-28-32-45(56)66-39/h9-10,12-13,33-34,38-42,46-53,57-61H,3-8,11,14-32,35-37H2,1-2H3,(H,62,63)/b10-9-,13-12-,34-33+/t38-,39+,40-,41-,42-,46+,47+,48-,49+,50+,51+/m0/s1. The Labute approximate surface area is 406 Å². The van der Waals surface area contributed by atoms with Gasteiger partial charge in [0.15, 0.2) is 6.10 Å². The number of unbranched alkanes of at least 4 members (excludes halogenated alkanes) is 14. The third-order valence-corrected chi connectivity index (χ3v) is 13.8. The second-order valence-corrected chi connectivity index (χ2v) is 20.2. The van der Waals surface area contributed by atoms with Gasteiger partial charge in [-0.1, -0.05) is 147 Å². The van der Waals surface area contributed by atoms with Crippen LogP contribution in [0, 0.1) is 11.8 Å². The average molecular weight is 989 g/mol. The summed E-state index contributed by atoms with van der Waals surface area (Å²) in [4.78, 5) is 50.2. The van der Waals surface area contributed by atoms with Crippen LogP contribution < -0.4 is 0 Å². The number of allylic oxidation sites excluding steroid dienone is 4. The topological polar surface area (TPSA) is 267 Å². The molecule has 16 nitrogen and oxygen atoms in total. The average Bonchev–Trinajstić information content (AvgIpc) is 3.31. The van der Waals surface area contributed by atoms with Crippen LogP contribution in [0.1, 0.15) is 187 Å². The van der Waals surface area contributed by atoms with Crippen molar-refractivity contribution in [1.82, 2.24) is 0 Å². The van der Waals surface area contributed by atoms with Crippen LogP contribution in [0.25, 0.3) is 0 Å². The molecule has 2 aliphatic rings. The zero-order valence-corrected chi connectivity index (χ0v) is 42.0. The number of carbonyl (C=O) groups excluding carboxylic acids is 3. The van der Waals surface area contributed by atoms with Gasteiger partial charge in [-0.15, -0.1) is 0 Å². The number of Topliss-reactive ketones (excluding diaryl/α,β-unsaturated/α-hetero) is 1. The van der Waals surface area contributed by atoms with E-state index in [1.54, 1.807) is 0 Å². The molecule has 0 spiro atoms. The number of ketones is 1. The molecule has 2 bridgehead atoms. The predicted octanol–water partition coefficient (Wildman–Crippen LogP) is 7.54. The van der Waals surface area contributed by atoms with E-state index in [1.807, 2.05) is 6.92 Å². The number of rotatable bonds is 26. The van der Waals surface area contributed by atoms with Crippen LogP contribution in [-0.2, 0) is 37.5 Å². The summed E-state index contributed by atoms with van der Waals surface area (Å²) in [5.74, 6) is -4.96. The molecule has 1 heterocycles. The number of aliphatic hydroxyl groups is 7. The highest BCUT2D eigenvalue weighted by atomic mass is 31.2. The molecule has 1 aliphatic heterocycles. The van der Waals surface area contributed by atoms with Crippen LogP contribution in [0.15, 0.2) is 36.5 Å². The molecule has 12 atom stereocenters. The van der Waals surface area contributed by atoms with Gasteiger partial charge in [-0.05, 0) is 57.8 Å². The van der Waals surface area contributed by atoms with Gasteiger partial charge >= 0.3 is 19.8 Å². The van der Waals surface area contributed by atoms with Crippen LogP contribution in [0.5, 0.6) is 0 Å². The van der Waals surface area contributed by atoms with Gasteiger partial charge in [0.05, 0.1) is 36.9 Å². The van der Waals surface area contributed by atoms with Crippen molar-refractivity contribution in [3.63, 3.8) is 0 Å². The van der Waals surface area contributed by atoms with Crippen molar-refractivity contribution in [3.05, 3.63) is 36.5 Å². The van der Waals surface area contributed by atoms with E-state index in [1.165, 1.54) is 57.4 Å². The second-order valence-electron chi connectivity index (χ2n) is 18.8. The number of phosphoric ester groups is 1. The summed E-state index contributed by atoms with van der Waals surface area (Å²) in [6, 6.07) is 0. The van der Waals surface area contributed by atoms with E-state index in [4.69, 9.17) is 18.5 Å². The van der Waals surface area contributed by atoms with Gasteiger partial charge in [-0.25, -0.2) is 4.57 Å². The maximum Gasteiger partial charge on any atom is 0.472 e. The first-order chi connectivity index (χ1) is 32.6. The molecule has 0 aromatic carbocycles. The second kappa shape index (κ2) is 36.6. The number of phosphoric acid groups is 1. The van der Waals surface area contributed by atoms with Crippen molar-refractivity contribution in [2.24, 2.45) is 11.8 Å². The number of fused-ring (bicyclic) bond motifs is 4. The molecule has 1 aliphatic carbocycles. The molecule has 2 fully saturated rings. The fraction of sp³-hybridized carbons (Fsp3) is 0.824. The summed E-state index contributed by atoms with van der Waals surface area (Å²) in [7, 11) is -5.45. The number of ether oxygens (including phenoxy) is 2. The minimum Gasteiger partial charge on any atom is -0.462 e. The Bertz CT molecular complexity index is 1510. The summed E-state index contributed by atoms with van der Waals surface area (Å²) < 4.78 is 34.7. The van der Waals surface area contributed by atoms with Crippen LogP contribution >= 0.6 is 7.82 Å². The molecular weight excluding hydrogens is 900 g/mol. The Hall–Kier alpha value is -2.34. The van der Waals surface area contributed by atoms with Crippen molar-refractivity contribution in [3.8, 4) is 0 Å². The van der Waals surface area contributed by atoms with Gasteiger partial charge in [-0.2, -0.15) is 0 Å². The number of aliphatic hydroxyl groups excluding tert-OH is 7. The highest BCUT2D eigenvalue weighted by Crippen LogP contribution is 2.47. The largest absolute Gasteiger partial charge is 0.472 e. The lowest BCUT2D eigenvalue weighted by Gasteiger charge is -2.37. The Morgan fingerprint density at radius 2 is 1.32 bits per heavy atom. The maximum absolute atomic E-state index is 13.7. The zero-order chi connectivity index (χ0) is 50.2. The Morgan fingerprint density at radius 3 is 1.99 bits per heavy atom. The molecule has 2 rings (SSSR count). The fourth-order valence-electron chi connectivity index (χ4n) is 8.60. The van der Waals surface area contributed by atoms with Crippen LogP contribution in [0.4, 0.5) is 0 Å². The number of esters is 2. The molecule has 394 valence electrons. The summed E-state index contributed by atoms with van der Waals surface area (Å²) in [6.45, 7) is 2.81. The first-order valence-electron chi connectivity index (χ1n) is 25.9. The Kier molecular flexibility index (Phi) is 33.2. The lowest BCUT2D eigenvalue weighted by atomic mass is 9.82. The van der Waals surface area contributed by atoms with Crippen molar-refractivity contribution in [2.75, 3.05) is 13.2 Å². The lowest BCUT2D eigenvalue weighted by Crippen LogP contribution is -2.55. The van der Waals surface area contributed by atoms with Gasteiger partial charge in [0, 0.05) is 25.2 Å². The molecule has 17 heteroatoms. The van der Waals surface area contributed by atoms with E-state index in [9.17, 15) is 59.6 Å². The van der Waals surface area contributed by atoms with Crippen LogP contribution in [-0.4, -0.2) is 127 Å². The fourth-order valence-corrected chi connectivity index (χ4v) is 9.57. The van der Waals surface area contributed by atoms with E-state index in [2.05, 4.69) is 31.2 Å². The van der Waals surface area contributed by atoms with Crippen molar-refractivity contribution >= 4 is 25.5 Å².